The Morgan fingerprint density at radius 3 is 2.62 bits per heavy atom. The minimum Gasteiger partial charge on any atom is -0.207 e. The molecule has 0 amide bonds. The van der Waals surface area contributed by atoms with Gasteiger partial charge in [-0.05, 0) is 63.7 Å². The number of aryl methyl sites for hydroxylation is 1. The van der Waals surface area contributed by atoms with Gasteiger partial charge in [0.15, 0.2) is 0 Å². The Balaban J connectivity index is 2.33. The third-order valence-electron chi connectivity index (χ3n) is 2.36. The van der Waals surface area contributed by atoms with Crippen LogP contribution in [-0.4, -0.2) is 0 Å². The maximum absolute atomic E-state index is 13.2. The molecule has 0 saturated heterocycles. The predicted molar refractivity (Wildman–Crippen MR) is 78.9 cm³/mol. The van der Waals surface area contributed by atoms with Crippen LogP contribution >= 0.6 is 49.9 Å². The molecule has 0 aliphatic rings. The van der Waals surface area contributed by atoms with Gasteiger partial charge in [0.2, 0.25) is 0 Å². The molecule has 1 atom stereocenters. The standard InChI is InChI=1S/C12H9BrFIS/c1-7-4-8(2-3-10(7)14)12(13)9-5-11(15)16-6-9/h2-6,12H,1H3. The van der Waals surface area contributed by atoms with Crippen molar-refractivity contribution in [1.29, 1.82) is 0 Å². The normalized spacial score (nSPS) is 12.8. The summed E-state index contributed by atoms with van der Waals surface area (Å²) in [5.41, 5.74) is 3.00. The van der Waals surface area contributed by atoms with Crippen LogP contribution in [-0.2, 0) is 0 Å². The molecule has 16 heavy (non-hydrogen) atoms. The number of halogens is 3. The van der Waals surface area contributed by atoms with E-state index in [4.69, 9.17) is 0 Å². The first-order valence-electron chi connectivity index (χ1n) is 4.72. The van der Waals surface area contributed by atoms with Gasteiger partial charge in [-0.1, -0.05) is 28.1 Å². The van der Waals surface area contributed by atoms with Crippen molar-refractivity contribution in [3.8, 4) is 0 Å². The van der Waals surface area contributed by atoms with E-state index in [1.165, 1.54) is 14.5 Å². The van der Waals surface area contributed by atoms with E-state index >= 15 is 0 Å². The van der Waals surface area contributed by atoms with E-state index in [0.29, 0.717) is 5.56 Å². The fourth-order valence-electron chi connectivity index (χ4n) is 1.47. The number of alkyl halides is 1. The van der Waals surface area contributed by atoms with Crippen LogP contribution in [0.2, 0.25) is 0 Å². The number of thiophene rings is 1. The summed E-state index contributed by atoms with van der Waals surface area (Å²) < 4.78 is 14.4. The SMILES string of the molecule is Cc1cc(C(Br)c2csc(I)c2)ccc1F. The largest absolute Gasteiger partial charge is 0.207 e. The van der Waals surface area contributed by atoms with E-state index in [1.54, 1.807) is 18.3 Å². The van der Waals surface area contributed by atoms with Crippen molar-refractivity contribution in [2.45, 2.75) is 11.8 Å². The lowest BCUT2D eigenvalue weighted by Crippen LogP contribution is -1.93. The molecule has 0 radical (unpaired) electrons. The van der Waals surface area contributed by atoms with Crippen LogP contribution in [0.25, 0.3) is 0 Å². The Morgan fingerprint density at radius 1 is 1.31 bits per heavy atom. The van der Waals surface area contributed by atoms with Crippen molar-refractivity contribution in [3.63, 3.8) is 0 Å². The zero-order valence-electron chi connectivity index (χ0n) is 8.51. The summed E-state index contributed by atoms with van der Waals surface area (Å²) >= 11 is 7.67. The molecule has 2 rings (SSSR count). The molecule has 4 heteroatoms. The second kappa shape index (κ2) is 5.14. The third-order valence-corrected chi connectivity index (χ3v) is 5.22. The van der Waals surface area contributed by atoms with Crippen LogP contribution in [0.4, 0.5) is 4.39 Å². The Hall–Kier alpha value is 0.0600. The smallest absolute Gasteiger partial charge is 0.126 e. The van der Waals surface area contributed by atoms with Crippen molar-refractivity contribution in [3.05, 3.63) is 55.0 Å². The Bertz CT molecular complexity index is 509. The van der Waals surface area contributed by atoms with E-state index in [2.05, 4.69) is 50.0 Å². The summed E-state index contributed by atoms with van der Waals surface area (Å²) in [6.07, 6.45) is 0. The lowest BCUT2D eigenvalue weighted by atomic mass is 10.1. The number of hydrogen-bond acceptors (Lipinski definition) is 1. The predicted octanol–water partition coefficient (Wildman–Crippen LogP) is 5.28. The second-order valence-electron chi connectivity index (χ2n) is 3.56. The Labute approximate surface area is 120 Å². The van der Waals surface area contributed by atoms with Crippen LogP contribution in [0.15, 0.2) is 29.6 Å². The van der Waals surface area contributed by atoms with Crippen molar-refractivity contribution in [1.82, 2.24) is 0 Å². The zero-order chi connectivity index (χ0) is 11.7. The quantitative estimate of drug-likeness (QED) is 0.466. The van der Waals surface area contributed by atoms with Crippen LogP contribution in [0.3, 0.4) is 0 Å². The first-order chi connectivity index (χ1) is 7.58. The molecule has 1 aromatic carbocycles. The average Bonchev–Trinajstić information content (AvgIpc) is 2.68. The first kappa shape index (κ1) is 12.5. The summed E-state index contributed by atoms with van der Waals surface area (Å²) in [6.45, 7) is 1.79. The molecule has 0 bridgehead atoms. The van der Waals surface area contributed by atoms with Gasteiger partial charge in [0.05, 0.1) is 7.71 Å². The Morgan fingerprint density at radius 2 is 2.06 bits per heavy atom. The molecule has 2 aromatic rings. The zero-order valence-corrected chi connectivity index (χ0v) is 13.1. The fourth-order valence-corrected chi connectivity index (χ4v) is 3.60. The first-order valence-corrected chi connectivity index (χ1v) is 7.59. The lowest BCUT2D eigenvalue weighted by Gasteiger charge is -2.09. The maximum atomic E-state index is 13.2. The molecule has 0 saturated carbocycles. The van der Waals surface area contributed by atoms with E-state index in [9.17, 15) is 4.39 Å². The molecule has 84 valence electrons. The monoisotopic (exact) mass is 410 g/mol. The summed E-state index contributed by atoms with van der Waals surface area (Å²) in [5.74, 6) is -0.150. The second-order valence-corrected chi connectivity index (χ2v) is 7.28. The van der Waals surface area contributed by atoms with Crippen LogP contribution in [0, 0.1) is 15.6 Å². The summed E-state index contributed by atoms with van der Waals surface area (Å²) in [6, 6.07) is 7.38. The van der Waals surface area contributed by atoms with Gasteiger partial charge in [0, 0.05) is 0 Å². The highest BCUT2D eigenvalue weighted by atomic mass is 127. The lowest BCUT2D eigenvalue weighted by molar-refractivity contribution is 0.618. The van der Waals surface area contributed by atoms with E-state index < -0.39 is 0 Å². The van der Waals surface area contributed by atoms with Crippen LogP contribution < -0.4 is 0 Å². The molecule has 0 aliphatic carbocycles. The van der Waals surface area contributed by atoms with Gasteiger partial charge in [0.1, 0.15) is 5.82 Å². The van der Waals surface area contributed by atoms with E-state index in [1.807, 2.05) is 12.1 Å². The van der Waals surface area contributed by atoms with Crippen LogP contribution in [0.5, 0.6) is 0 Å². The van der Waals surface area contributed by atoms with Gasteiger partial charge in [0.25, 0.3) is 0 Å². The highest BCUT2D eigenvalue weighted by molar-refractivity contribution is 14.1. The average molecular weight is 411 g/mol. The molecule has 0 spiro atoms. The number of benzene rings is 1. The molecule has 0 N–H and O–H groups in total. The van der Waals surface area contributed by atoms with E-state index in [0.717, 1.165) is 5.56 Å². The highest BCUT2D eigenvalue weighted by Gasteiger charge is 2.12. The van der Waals surface area contributed by atoms with Crippen molar-refractivity contribution >= 4 is 49.9 Å². The van der Waals surface area contributed by atoms with Gasteiger partial charge in [-0.15, -0.1) is 11.3 Å². The van der Waals surface area contributed by atoms with Crippen molar-refractivity contribution in [2.24, 2.45) is 0 Å². The summed E-state index contributed by atoms with van der Waals surface area (Å²) in [4.78, 5) is 0.145. The molecule has 0 fully saturated rings. The van der Waals surface area contributed by atoms with E-state index in [-0.39, 0.29) is 10.6 Å². The summed E-state index contributed by atoms with van der Waals surface area (Å²) in [7, 11) is 0. The van der Waals surface area contributed by atoms with Gasteiger partial charge >= 0.3 is 0 Å². The fraction of sp³-hybridized carbons (Fsp3) is 0.167. The highest BCUT2D eigenvalue weighted by Crippen LogP contribution is 2.34. The maximum Gasteiger partial charge on any atom is 0.126 e. The molecule has 1 unspecified atom stereocenters. The van der Waals surface area contributed by atoms with Crippen molar-refractivity contribution < 1.29 is 4.39 Å². The van der Waals surface area contributed by atoms with Gasteiger partial charge in [-0.3, -0.25) is 0 Å². The molecule has 0 aliphatic heterocycles. The molecule has 1 aromatic heterocycles. The minimum atomic E-state index is -0.150. The molecular weight excluding hydrogens is 402 g/mol. The van der Waals surface area contributed by atoms with Crippen molar-refractivity contribution in [2.75, 3.05) is 0 Å². The molecule has 0 nitrogen and oxygen atoms in total. The minimum absolute atomic E-state index is 0.145. The topological polar surface area (TPSA) is 0 Å². The number of rotatable bonds is 2. The molecular formula is C12H9BrFIS. The molecule has 1 heterocycles. The van der Waals surface area contributed by atoms with Gasteiger partial charge in [-0.25, -0.2) is 4.39 Å². The Kier molecular flexibility index (Phi) is 4.02. The summed E-state index contributed by atoms with van der Waals surface area (Å²) in [5, 5.41) is 2.12. The number of hydrogen-bond donors (Lipinski definition) is 0. The van der Waals surface area contributed by atoms with Crippen LogP contribution in [0.1, 0.15) is 21.5 Å². The van der Waals surface area contributed by atoms with Gasteiger partial charge < -0.3 is 0 Å². The van der Waals surface area contributed by atoms with Gasteiger partial charge in [-0.2, -0.15) is 0 Å². The third kappa shape index (κ3) is 2.65.